The van der Waals surface area contributed by atoms with Crippen LogP contribution in [0.15, 0.2) is 23.2 Å². The fourth-order valence-corrected chi connectivity index (χ4v) is 0.990. The normalized spacial score (nSPS) is 10.7. The number of aliphatic imine (C=N–C) groups is 1. The highest BCUT2D eigenvalue weighted by Gasteiger charge is 2.09. The van der Waals surface area contributed by atoms with Gasteiger partial charge in [0.25, 0.3) is 5.91 Å². The molecule has 0 aliphatic carbocycles. The number of carbonyl (C=O) groups excluding carboxylic acids is 1. The molecule has 1 aromatic carbocycles. The van der Waals surface area contributed by atoms with Crippen LogP contribution in [0.25, 0.3) is 0 Å². The van der Waals surface area contributed by atoms with Gasteiger partial charge in [0.15, 0.2) is 0 Å². The molecule has 1 amide bonds. The summed E-state index contributed by atoms with van der Waals surface area (Å²) in [6, 6.07) is 4.38. The summed E-state index contributed by atoms with van der Waals surface area (Å²) >= 11 is 0. The summed E-state index contributed by atoms with van der Waals surface area (Å²) in [4.78, 5) is 14.7. The monoisotopic (exact) mass is 179 g/mol. The molecular formula is C10H10FNO. The first-order valence-corrected chi connectivity index (χ1v) is 3.94. The molecule has 0 aromatic heterocycles. The minimum absolute atomic E-state index is 0.0260. The fraction of sp³-hybridized carbons (Fsp3) is 0.200. The summed E-state index contributed by atoms with van der Waals surface area (Å²) in [5, 5.41) is 0. The van der Waals surface area contributed by atoms with Crippen molar-refractivity contribution in [1.82, 2.24) is 0 Å². The quantitative estimate of drug-likeness (QED) is 0.608. The third kappa shape index (κ3) is 2.21. The van der Waals surface area contributed by atoms with Crippen LogP contribution in [0.3, 0.4) is 0 Å². The van der Waals surface area contributed by atoms with Crippen LogP contribution in [0.4, 0.5) is 4.39 Å². The van der Waals surface area contributed by atoms with Gasteiger partial charge >= 0.3 is 0 Å². The zero-order valence-corrected chi connectivity index (χ0v) is 7.54. The van der Waals surface area contributed by atoms with Crippen LogP contribution < -0.4 is 0 Å². The van der Waals surface area contributed by atoms with E-state index in [4.69, 9.17) is 0 Å². The van der Waals surface area contributed by atoms with Gasteiger partial charge in [-0.15, -0.1) is 0 Å². The topological polar surface area (TPSA) is 29.4 Å². The molecule has 0 saturated heterocycles. The molecule has 0 saturated carbocycles. The molecule has 0 heterocycles. The molecule has 0 fully saturated rings. The molecule has 0 unspecified atom stereocenters. The van der Waals surface area contributed by atoms with E-state index in [1.807, 2.05) is 0 Å². The van der Waals surface area contributed by atoms with E-state index in [1.165, 1.54) is 18.3 Å². The van der Waals surface area contributed by atoms with E-state index in [0.717, 1.165) is 5.56 Å². The zero-order chi connectivity index (χ0) is 9.84. The van der Waals surface area contributed by atoms with Crippen LogP contribution >= 0.6 is 0 Å². The van der Waals surface area contributed by atoms with Crippen molar-refractivity contribution in [2.24, 2.45) is 4.99 Å². The minimum atomic E-state index is -0.538. The van der Waals surface area contributed by atoms with Crippen molar-refractivity contribution in [2.45, 2.75) is 13.8 Å². The van der Waals surface area contributed by atoms with Crippen LogP contribution in [-0.2, 0) is 0 Å². The Kier molecular flexibility index (Phi) is 2.90. The Bertz CT molecular complexity index is 358. The number of amides is 1. The van der Waals surface area contributed by atoms with E-state index in [1.54, 1.807) is 19.9 Å². The summed E-state index contributed by atoms with van der Waals surface area (Å²) in [6.07, 6.45) is 1.35. The number of rotatable bonds is 1. The molecule has 0 aliphatic rings. The summed E-state index contributed by atoms with van der Waals surface area (Å²) in [7, 11) is 0. The maximum Gasteiger partial charge on any atom is 0.279 e. The van der Waals surface area contributed by atoms with Gasteiger partial charge in [0.2, 0.25) is 0 Å². The second kappa shape index (κ2) is 3.94. The van der Waals surface area contributed by atoms with Crippen LogP contribution in [0, 0.1) is 12.7 Å². The average molecular weight is 179 g/mol. The maximum absolute atomic E-state index is 13.0. The van der Waals surface area contributed by atoms with Crippen molar-refractivity contribution in [1.29, 1.82) is 0 Å². The minimum Gasteiger partial charge on any atom is -0.267 e. The largest absolute Gasteiger partial charge is 0.279 e. The Morgan fingerprint density at radius 3 is 2.85 bits per heavy atom. The number of hydrogen-bond acceptors (Lipinski definition) is 1. The number of aryl methyl sites for hydroxylation is 1. The molecule has 1 aromatic rings. The molecule has 13 heavy (non-hydrogen) atoms. The summed E-state index contributed by atoms with van der Waals surface area (Å²) in [6.45, 7) is 3.41. The standard InChI is InChI=1S/C10H10FNO/c1-3-12-10(13)8-6-7(2)4-5-9(8)11/h3-6H,1-2H3/b12-3+. The van der Waals surface area contributed by atoms with Crippen LogP contribution in [0.5, 0.6) is 0 Å². The molecule has 0 aliphatic heterocycles. The molecule has 0 N–H and O–H groups in total. The molecule has 0 spiro atoms. The molecule has 2 nitrogen and oxygen atoms in total. The lowest BCUT2D eigenvalue weighted by atomic mass is 10.1. The van der Waals surface area contributed by atoms with E-state index in [2.05, 4.69) is 4.99 Å². The molecule has 0 bridgehead atoms. The van der Waals surface area contributed by atoms with Gasteiger partial charge in [0.05, 0.1) is 5.56 Å². The number of halogens is 1. The lowest BCUT2D eigenvalue weighted by molar-refractivity contribution is 0.0999. The van der Waals surface area contributed by atoms with E-state index in [9.17, 15) is 9.18 Å². The highest BCUT2D eigenvalue weighted by molar-refractivity contribution is 5.98. The van der Waals surface area contributed by atoms with Crippen LogP contribution in [0.2, 0.25) is 0 Å². The third-order valence-electron chi connectivity index (χ3n) is 1.60. The molecule has 0 atom stereocenters. The second-order valence-corrected chi connectivity index (χ2v) is 2.68. The van der Waals surface area contributed by atoms with Gasteiger partial charge in [0.1, 0.15) is 5.82 Å². The predicted octanol–water partition coefficient (Wildman–Crippen LogP) is 2.37. The van der Waals surface area contributed by atoms with Crippen molar-refractivity contribution in [3.8, 4) is 0 Å². The molecule has 3 heteroatoms. The van der Waals surface area contributed by atoms with Gasteiger partial charge in [-0.1, -0.05) is 11.6 Å². The lowest BCUT2D eigenvalue weighted by Gasteiger charge is -1.98. The molecular weight excluding hydrogens is 169 g/mol. The van der Waals surface area contributed by atoms with Crippen molar-refractivity contribution >= 4 is 12.1 Å². The molecule has 1 rings (SSSR count). The van der Waals surface area contributed by atoms with Crippen molar-refractivity contribution in [2.75, 3.05) is 0 Å². The molecule has 68 valence electrons. The fourth-order valence-electron chi connectivity index (χ4n) is 0.990. The highest BCUT2D eigenvalue weighted by Crippen LogP contribution is 2.10. The predicted molar refractivity (Wildman–Crippen MR) is 49.6 cm³/mol. The van der Waals surface area contributed by atoms with E-state index in [0.29, 0.717) is 0 Å². The van der Waals surface area contributed by atoms with E-state index >= 15 is 0 Å². The Morgan fingerprint density at radius 1 is 1.54 bits per heavy atom. The van der Waals surface area contributed by atoms with Gasteiger partial charge in [-0.25, -0.2) is 9.38 Å². The van der Waals surface area contributed by atoms with Gasteiger partial charge in [-0.2, -0.15) is 0 Å². The van der Waals surface area contributed by atoms with Crippen LogP contribution in [0.1, 0.15) is 22.8 Å². The van der Waals surface area contributed by atoms with E-state index < -0.39 is 11.7 Å². The summed E-state index contributed by atoms with van der Waals surface area (Å²) in [5.41, 5.74) is 0.870. The Hall–Kier alpha value is -1.51. The number of hydrogen-bond donors (Lipinski definition) is 0. The smallest absolute Gasteiger partial charge is 0.267 e. The average Bonchev–Trinajstić information content (AvgIpc) is 2.09. The Morgan fingerprint density at radius 2 is 2.23 bits per heavy atom. The summed E-state index contributed by atoms with van der Waals surface area (Å²) < 4.78 is 13.0. The van der Waals surface area contributed by atoms with Gasteiger partial charge in [0, 0.05) is 6.21 Å². The highest BCUT2D eigenvalue weighted by atomic mass is 19.1. The van der Waals surface area contributed by atoms with E-state index in [-0.39, 0.29) is 5.56 Å². The van der Waals surface area contributed by atoms with Crippen molar-refractivity contribution < 1.29 is 9.18 Å². The van der Waals surface area contributed by atoms with Crippen molar-refractivity contribution in [3.05, 3.63) is 35.1 Å². The van der Waals surface area contributed by atoms with Crippen LogP contribution in [-0.4, -0.2) is 12.1 Å². The first-order chi connectivity index (χ1) is 6.15. The van der Waals surface area contributed by atoms with Crippen molar-refractivity contribution in [3.63, 3.8) is 0 Å². The Balaban J connectivity index is 3.13. The van der Waals surface area contributed by atoms with Gasteiger partial charge < -0.3 is 0 Å². The Labute approximate surface area is 76.1 Å². The molecule has 0 radical (unpaired) electrons. The second-order valence-electron chi connectivity index (χ2n) is 2.68. The van der Waals surface area contributed by atoms with Gasteiger partial charge in [-0.05, 0) is 26.0 Å². The third-order valence-corrected chi connectivity index (χ3v) is 1.60. The lowest BCUT2D eigenvalue weighted by Crippen LogP contribution is -1.99. The SMILES string of the molecule is C/C=N/C(=O)c1cc(C)ccc1F. The maximum atomic E-state index is 13.0. The number of benzene rings is 1. The first kappa shape index (κ1) is 9.58. The zero-order valence-electron chi connectivity index (χ0n) is 7.54. The number of carbonyl (C=O) groups is 1. The summed E-state index contributed by atoms with van der Waals surface area (Å²) in [5.74, 6) is -1.06. The first-order valence-electron chi connectivity index (χ1n) is 3.94. The van der Waals surface area contributed by atoms with Gasteiger partial charge in [-0.3, -0.25) is 4.79 Å². The number of nitrogens with zero attached hydrogens (tertiary/aromatic N) is 1.